The normalized spacial score (nSPS) is 12.4. The minimum absolute atomic E-state index is 0.108. The van der Waals surface area contributed by atoms with E-state index in [4.69, 9.17) is 5.14 Å². The molecule has 0 bridgehead atoms. The van der Waals surface area contributed by atoms with Gasteiger partial charge in [0.05, 0.1) is 23.3 Å². The van der Waals surface area contributed by atoms with Gasteiger partial charge in [0.25, 0.3) is 10.2 Å². The van der Waals surface area contributed by atoms with Crippen molar-refractivity contribution in [2.24, 2.45) is 5.14 Å². The summed E-state index contributed by atoms with van der Waals surface area (Å²) in [4.78, 5) is 3.91. The van der Waals surface area contributed by atoms with Crippen molar-refractivity contribution >= 4 is 15.9 Å². The fourth-order valence-corrected chi connectivity index (χ4v) is 2.16. The molecule has 2 aromatic rings. The molecule has 0 unspecified atom stereocenters. The van der Waals surface area contributed by atoms with Crippen LogP contribution in [-0.2, 0) is 16.4 Å². The maximum Gasteiger partial charge on any atom is 0.416 e. The average Bonchev–Trinajstić information content (AvgIpc) is 2.72. The molecule has 21 heavy (non-hydrogen) atoms. The lowest BCUT2D eigenvalue weighted by molar-refractivity contribution is -0.137. The third-order valence-corrected chi connectivity index (χ3v) is 3.04. The number of halogens is 3. The van der Waals surface area contributed by atoms with Gasteiger partial charge in [-0.1, -0.05) is 0 Å². The van der Waals surface area contributed by atoms with Gasteiger partial charge in [0.1, 0.15) is 0 Å². The van der Waals surface area contributed by atoms with Crippen LogP contribution in [0, 0.1) is 6.92 Å². The molecule has 3 N–H and O–H groups in total. The molecule has 10 heteroatoms. The predicted octanol–water partition coefficient (Wildman–Crippen LogP) is 1.81. The van der Waals surface area contributed by atoms with E-state index in [-0.39, 0.29) is 11.4 Å². The molecular weight excluding hydrogens is 309 g/mol. The number of alkyl halides is 3. The highest BCUT2D eigenvalue weighted by molar-refractivity contribution is 7.90. The van der Waals surface area contributed by atoms with Gasteiger partial charge < -0.3 is 4.57 Å². The number of aryl methyl sites for hydroxylation is 1. The van der Waals surface area contributed by atoms with Crippen molar-refractivity contribution < 1.29 is 21.6 Å². The topological polar surface area (TPSA) is 90.0 Å². The maximum atomic E-state index is 12.9. The summed E-state index contributed by atoms with van der Waals surface area (Å²) in [7, 11) is -4.18. The number of nitrogens with one attached hydrogen (secondary N) is 1. The van der Waals surface area contributed by atoms with E-state index in [1.165, 1.54) is 23.2 Å². The Morgan fingerprint density at radius 1 is 1.29 bits per heavy atom. The van der Waals surface area contributed by atoms with Gasteiger partial charge in [0.2, 0.25) is 0 Å². The minimum atomic E-state index is -4.62. The van der Waals surface area contributed by atoms with Crippen LogP contribution < -0.4 is 9.86 Å². The highest BCUT2D eigenvalue weighted by atomic mass is 32.2. The Hall–Kier alpha value is -2.07. The van der Waals surface area contributed by atoms with Crippen LogP contribution in [0.4, 0.5) is 18.9 Å². The number of anilines is 1. The fraction of sp³-hybridized carbons (Fsp3) is 0.182. The molecule has 0 radical (unpaired) electrons. The zero-order chi connectivity index (χ0) is 15.8. The molecule has 1 aromatic carbocycles. The summed E-state index contributed by atoms with van der Waals surface area (Å²) in [5.74, 6) is 0. The smallest absolute Gasteiger partial charge is 0.306 e. The van der Waals surface area contributed by atoms with Crippen molar-refractivity contribution in [1.29, 1.82) is 0 Å². The molecule has 0 amide bonds. The van der Waals surface area contributed by atoms with Gasteiger partial charge in [-0.05, 0) is 25.1 Å². The van der Waals surface area contributed by atoms with Crippen LogP contribution in [0.5, 0.6) is 0 Å². The lowest BCUT2D eigenvalue weighted by atomic mass is 10.1. The summed E-state index contributed by atoms with van der Waals surface area (Å²) in [5, 5.41) is 4.78. The van der Waals surface area contributed by atoms with Gasteiger partial charge in [-0.2, -0.15) is 21.6 Å². The highest BCUT2D eigenvalue weighted by Crippen LogP contribution is 2.33. The van der Waals surface area contributed by atoms with Gasteiger partial charge in [0.15, 0.2) is 0 Å². The largest absolute Gasteiger partial charge is 0.416 e. The van der Waals surface area contributed by atoms with Crippen LogP contribution in [0.25, 0.3) is 5.69 Å². The van der Waals surface area contributed by atoms with Crippen LogP contribution in [0.3, 0.4) is 0 Å². The molecule has 114 valence electrons. The summed E-state index contributed by atoms with van der Waals surface area (Å²) in [5.41, 5.74) is -0.573. The molecule has 2 rings (SSSR count). The second-order valence-corrected chi connectivity index (χ2v) is 5.63. The number of rotatable bonds is 3. The van der Waals surface area contributed by atoms with Crippen LogP contribution in [0.2, 0.25) is 0 Å². The molecule has 0 saturated heterocycles. The number of aromatic nitrogens is 2. The first-order valence-corrected chi connectivity index (χ1v) is 7.13. The van der Waals surface area contributed by atoms with E-state index in [1.54, 1.807) is 6.92 Å². The number of benzene rings is 1. The van der Waals surface area contributed by atoms with E-state index in [1.807, 2.05) is 4.72 Å². The van der Waals surface area contributed by atoms with Crippen molar-refractivity contribution in [3.05, 3.63) is 42.0 Å². The third kappa shape index (κ3) is 3.95. The minimum Gasteiger partial charge on any atom is -0.306 e. The number of imidazole rings is 1. The molecule has 1 aromatic heterocycles. The van der Waals surface area contributed by atoms with E-state index >= 15 is 0 Å². The van der Waals surface area contributed by atoms with Crippen molar-refractivity contribution in [2.45, 2.75) is 13.1 Å². The third-order valence-electron chi connectivity index (χ3n) is 2.52. The molecule has 0 aliphatic carbocycles. The van der Waals surface area contributed by atoms with E-state index in [0.29, 0.717) is 11.8 Å². The second-order valence-electron chi connectivity index (χ2n) is 4.34. The summed E-state index contributed by atoms with van der Waals surface area (Å²) in [6, 6.07) is 2.77. The van der Waals surface area contributed by atoms with Crippen LogP contribution in [-0.4, -0.2) is 18.0 Å². The SMILES string of the molecule is Cc1cn(-c2cc(NS(N)(=O)=O)cc(C(F)(F)F)c2)cn1. The lowest BCUT2D eigenvalue weighted by Gasteiger charge is -2.13. The fourth-order valence-electron chi connectivity index (χ4n) is 1.71. The molecule has 1 heterocycles. The van der Waals surface area contributed by atoms with E-state index in [9.17, 15) is 21.6 Å². The highest BCUT2D eigenvalue weighted by Gasteiger charge is 2.31. The van der Waals surface area contributed by atoms with Gasteiger partial charge in [-0.3, -0.25) is 4.72 Å². The zero-order valence-corrected chi connectivity index (χ0v) is 11.5. The standard InChI is InChI=1S/C11H11F3N4O2S/c1-7-5-18(6-16-7)10-3-8(11(12,13)14)2-9(4-10)17-21(15,19)20/h2-6,17H,1H3,(H2,15,19,20). The number of hydrogen-bond donors (Lipinski definition) is 2. The maximum absolute atomic E-state index is 12.9. The quantitative estimate of drug-likeness (QED) is 0.904. The average molecular weight is 320 g/mol. The van der Waals surface area contributed by atoms with Crippen molar-refractivity contribution in [2.75, 3.05) is 4.72 Å². The van der Waals surface area contributed by atoms with Crippen LogP contribution in [0.1, 0.15) is 11.3 Å². The summed E-state index contributed by atoms with van der Waals surface area (Å²) >= 11 is 0. The van der Waals surface area contributed by atoms with Gasteiger partial charge in [-0.15, -0.1) is 0 Å². The lowest BCUT2D eigenvalue weighted by Crippen LogP contribution is -2.22. The van der Waals surface area contributed by atoms with Gasteiger partial charge in [0, 0.05) is 11.9 Å². The first-order chi connectivity index (χ1) is 9.54. The predicted molar refractivity (Wildman–Crippen MR) is 70.0 cm³/mol. The second kappa shape index (κ2) is 5.04. The Bertz CT molecular complexity index is 768. The van der Waals surface area contributed by atoms with Gasteiger partial charge >= 0.3 is 6.18 Å². The summed E-state index contributed by atoms with van der Waals surface area (Å²) in [6.45, 7) is 1.67. The van der Waals surface area contributed by atoms with Crippen molar-refractivity contribution in [1.82, 2.24) is 9.55 Å². The Kier molecular flexibility index (Phi) is 3.68. The molecule has 0 spiro atoms. The summed E-state index contributed by atoms with van der Waals surface area (Å²) < 4.78 is 63.7. The molecule has 0 fully saturated rings. The number of nitrogens with two attached hydrogens (primary N) is 1. The Morgan fingerprint density at radius 3 is 2.43 bits per heavy atom. The van der Waals surface area contributed by atoms with Crippen molar-refractivity contribution in [3.63, 3.8) is 0 Å². The van der Waals surface area contributed by atoms with Crippen LogP contribution >= 0.6 is 0 Å². The monoisotopic (exact) mass is 320 g/mol. The van der Waals surface area contributed by atoms with Crippen molar-refractivity contribution in [3.8, 4) is 5.69 Å². The molecule has 0 aliphatic rings. The molecule has 0 saturated carbocycles. The van der Waals surface area contributed by atoms with E-state index in [2.05, 4.69) is 4.98 Å². The Balaban J connectivity index is 2.57. The molecule has 6 nitrogen and oxygen atoms in total. The molecular formula is C11H11F3N4O2S. The van der Waals surface area contributed by atoms with E-state index in [0.717, 1.165) is 6.07 Å². The van der Waals surface area contributed by atoms with E-state index < -0.39 is 21.9 Å². The molecule has 0 aliphatic heterocycles. The number of hydrogen-bond acceptors (Lipinski definition) is 3. The van der Waals surface area contributed by atoms with Gasteiger partial charge in [-0.25, -0.2) is 10.1 Å². The Morgan fingerprint density at radius 2 is 1.95 bits per heavy atom. The zero-order valence-electron chi connectivity index (χ0n) is 10.7. The molecule has 0 atom stereocenters. The van der Waals surface area contributed by atoms with Crippen LogP contribution in [0.15, 0.2) is 30.7 Å². The number of nitrogens with zero attached hydrogens (tertiary/aromatic N) is 2. The Labute approximate surface area is 118 Å². The first kappa shape index (κ1) is 15.3. The first-order valence-electron chi connectivity index (χ1n) is 5.58. The summed E-state index contributed by atoms with van der Waals surface area (Å²) in [6.07, 6.45) is -1.79.